The van der Waals surface area contributed by atoms with Crippen molar-refractivity contribution < 1.29 is 9.90 Å². The minimum Gasteiger partial charge on any atom is -0.481 e. The van der Waals surface area contributed by atoms with Gasteiger partial charge in [-0.1, -0.05) is 48.6 Å². The van der Waals surface area contributed by atoms with E-state index in [0.29, 0.717) is 0 Å². The molecule has 0 atom stereocenters. The summed E-state index contributed by atoms with van der Waals surface area (Å²) in [5.74, 6) is -0.513. The van der Waals surface area contributed by atoms with Gasteiger partial charge in [-0.15, -0.1) is 0 Å². The van der Waals surface area contributed by atoms with Crippen LogP contribution in [0.2, 0.25) is 13.1 Å². The normalized spacial score (nSPS) is 11.3. The van der Waals surface area contributed by atoms with E-state index in [1.54, 1.807) is 0 Å². The van der Waals surface area contributed by atoms with Gasteiger partial charge in [-0.3, -0.25) is 4.79 Å². The van der Waals surface area contributed by atoms with E-state index in [2.05, 4.69) is 25.2 Å². The summed E-state index contributed by atoms with van der Waals surface area (Å²) in [5.41, 5.74) is 0. The number of carbonyl (C=O) groups is 1. The zero-order valence-corrected chi connectivity index (χ0v) is 10.9. The number of thioether (sulfide) groups is 1. The average molecular weight is 240 g/mol. The molecule has 0 aliphatic carbocycles. The van der Waals surface area contributed by atoms with Crippen molar-refractivity contribution in [2.75, 3.05) is 11.1 Å². The Hall–Kier alpha value is -0.743. The maximum atomic E-state index is 10.4. The van der Waals surface area contributed by atoms with Gasteiger partial charge in [0, 0.05) is 0 Å². The van der Waals surface area contributed by atoms with Crippen LogP contribution in [0.15, 0.2) is 30.3 Å². The van der Waals surface area contributed by atoms with Gasteiger partial charge in [-0.05, 0) is 5.38 Å². The predicted octanol–water partition coefficient (Wildman–Crippen LogP) is 1.96. The van der Waals surface area contributed by atoms with Crippen LogP contribution >= 0.6 is 11.8 Å². The molecule has 1 N–H and O–H groups in total. The zero-order valence-electron chi connectivity index (χ0n) is 9.06. The van der Waals surface area contributed by atoms with Crippen molar-refractivity contribution in [3.05, 3.63) is 30.3 Å². The molecule has 15 heavy (non-hydrogen) atoms. The molecule has 0 aliphatic rings. The number of rotatable bonds is 5. The minimum absolute atomic E-state index is 0.212. The van der Waals surface area contributed by atoms with E-state index in [-0.39, 0.29) is 5.75 Å². The zero-order chi connectivity index (χ0) is 11.3. The van der Waals surface area contributed by atoms with Crippen LogP contribution in [0.4, 0.5) is 0 Å². The average Bonchev–Trinajstić information content (AvgIpc) is 2.18. The van der Waals surface area contributed by atoms with Crippen LogP contribution in [-0.2, 0) is 4.79 Å². The molecular weight excluding hydrogens is 224 g/mol. The van der Waals surface area contributed by atoms with Crippen molar-refractivity contribution in [1.29, 1.82) is 0 Å². The third-order valence-corrected chi connectivity index (χ3v) is 8.29. The fourth-order valence-corrected chi connectivity index (χ4v) is 5.75. The molecule has 0 radical (unpaired) electrons. The second kappa shape index (κ2) is 5.37. The number of carboxylic acids is 1. The van der Waals surface area contributed by atoms with Gasteiger partial charge >= 0.3 is 5.97 Å². The molecule has 4 heteroatoms. The lowest BCUT2D eigenvalue weighted by atomic mass is 10.4. The molecule has 0 aliphatic heterocycles. The number of benzene rings is 1. The maximum Gasteiger partial charge on any atom is 0.313 e. The van der Waals surface area contributed by atoms with Gasteiger partial charge in [-0.2, -0.15) is 11.8 Å². The lowest BCUT2D eigenvalue weighted by molar-refractivity contribution is -0.133. The fourth-order valence-electron chi connectivity index (χ4n) is 1.37. The van der Waals surface area contributed by atoms with E-state index >= 15 is 0 Å². The van der Waals surface area contributed by atoms with Crippen molar-refractivity contribution in [3.8, 4) is 0 Å². The molecule has 0 unspecified atom stereocenters. The Balaban J connectivity index is 2.56. The summed E-state index contributed by atoms with van der Waals surface area (Å²) in [6, 6.07) is 10.4. The van der Waals surface area contributed by atoms with Crippen LogP contribution in [0.1, 0.15) is 0 Å². The van der Waals surface area contributed by atoms with Gasteiger partial charge in [-0.25, -0.2) is 0 Å². The van der Waals surface area contributed by atoms with Gasteiger partial charge in [0.25, 0.3) is 0 Å². The Morgan fingerprint density at radius 1 is 1.33 bits per heavy atom. The van der Waals surface area contributed by atoms with E-state index in [9.17, 15) is 4.79 Å². The Labute approximate surface area is 95.7 Å². The molecule has 0 saturated heterocycles. The summed E-state index contributed by atoms with van der Waals surface area (Å²) < 4.78 is 0. The lowest BCUT2D eigenvalue weighted by Gasteiger charge is -2.21. The SMILES string of the molecule is C[Si](C)(CSCC(=O)O)c1ccccc1. The summed E-state index contributed by atoms with van der Waals surface area (Å²) in [6.45, 7) is 4.55. The summed E-state index contributed by atoms with van der Waals surface area (Å²) >= 11 is 1.53. The summed E-state index contributed by atoms with van der Waals surface area (Å²) in [4.78, 5) is 10.4. The minimum atomic E-state index is -1.45. The second-order valence-electron chi connectivity index (χ2n) is 4.14. The van der Waals surface area contributed by atoms with E-state index in [1.165, 1.54) is 16.9 Å². The smallest absolute Gasteiger partial charge is 0.313 e. The number of hydrogen-bond donors (Lipinski definition) is 1. The van der Waals surface area contributed by atoms with Crippen molar-refractivity contribution in [2.45, 2.75) is 13.1 Å². The van der Waals surface area contributed by atoms with Crippen molar-refractivity contribution >= 4 is 31.0 Å². The van der Waals surface area contributed by atoms with Gasteiger partial charge in [0.1, 0.15) is 0 Å². The maximum absolute atomic E-state index is 10.4. The quantitative estimate of drug-likeness (QED) is 0.799. The van der Waals surface area contributed by atoms with E-state index < -0.39 is 14.0 Å². The molecule has 0 bridgehead atoms. The Morgan fingerprint density at radius 2 is 1.93 bits per heavy atom. The van der Waals surface area contributed by atoms with E-state index in [1.807, 2.05) is 18.2 Å². The number of carboxylic acid groups (broad SMARTS) is 1. The molecule has 1 rings (SSSR count). The highest BCUT2D eigenvalue weighted by atomic mass is 32.2. The first-order chi connectivity index (χ1) is 7.02. The van der Waals surface area contributed by atoms with Gasteiger partial charge in [0.05, 0.1) is 13.8 Å². The molecule has 82 valence electrons. The van der Waals surface area contributed by atoms with Gasteiger partial charge in [0.15, 0.2) is 0 Å². The highest BCUT2D eigenvalue weighted by Crippen LogP contribution is 2.11. The Bertz CT molecular complexity index is 325. The van der Waals surface area contributed by atoms with Crippen LogP contribution in [0.3, 0.4) is 0 Å². The Kier molecular flexibility index (Phi) is 4.41. The van der Waals surface area contributed by atoms with Crippen LogP contribution in [0.25, 0.3) is 0 Å². The third-order valence-electron chi connectivity index (χ3n) is 2.24. The van der Waals surface area contributed by atoms with Gasteiger partial charge in [0.2, 0.25) is 0 Å². The first-order valence-corrected chi connectivity index (χ1v) is 9.23. The fraction of sp³-hybridized carbons (Fsp3) is 0.364. The monoisotopic (exact) mass is 240 g/mol. The summed E-state index contributed by atoms with van der Waals surface area (Å²) in [7, 11) is -1.45. The molecule has 0 heterocycles. The van der Waals surface area contributed by atoms with Crippen molar-refractivity contribution in [2.24, 2.45) is 0 Å². The highest BCUT2D eigenvalue weighted by molar-refractivity contribution is 8.01. The van der Waals surface area contributed by atoms with Crippen molar-refractivity contribution in [3.63, 3.8) is 0 Å². The Morgan fingerprint density at radius 3 is 2.47 bits per heavy atom. The van der Waals surface area contributed by atoms with Crippen LogP contribution in [0, 0.1) is 0 Å². The van der Waals surface area contributed by atoms with Crippen LogP contribution in [0.5, 0.6) is 0 Å². The number of aliphatic carboxylic acids is 1. The summed E-state index contributed by atoms with van der Waals surface area (Å²) in [6.07, 6.45) is 0. The first kappa shape index (κ1) is 12.3. The third kappa shape index (κ3) is 4.09. The summed E-state index contributed by atoms with van der Waals surface area (Å²) in [5, 5.41) is 10.9. The molecule has 0 spiro atoms. The molecule has 2 nitrogen and oxygen atoms in total. The first-order valence-electron chi connectivity index (χ1n) is 4.87. The molecule has 0 amide bonds. The molecular formula is C11H16O2SSi. The van der Waals surface area contributed by atoms with E-state index in [0.717, 1.165) is 5.38 Å². The topological polar surface area (TPSA) is 37.3 Å². The standard InChI is InChI=1S/C11H16O2SSi/c1-15(2,9-14-8-11(12)13)10-6-4-3-5-7-10/h3-7H,8-9H2,1-2H3,(H,12,13). The van der Waals surface area contributed by atoms with Crippen LogP contribution < -0.4 is 5.19 Å². The second-order valence-corrected chi connectivity index (χ2v) is 10.3. The van der Waals surface area contributed by atoms with E-state index in [4.69, 9.17) is 5.11 Å². The highest BCUT2D eigenvalue weighted by Gasteiger charge is 2.23. The molecule has 0 saturated carbocycles. The largest absolute Gasteiger partial charge is 0.481 e. The lowest BCUT2D eigenvalue weighted by Crippen LogP contribution is -2.44. The molecule has 0 aromatic heterocycles. The molecule has 0 fully saturated rings. The van der Waals surface area contributed by atoms with Crippen LogP contribution in [-0.4, -0.2) is 30.3 Å². The molecule has 1 aromatic rings. The van der Waals surface area contributed by atoms with Crippen molar-refractivity contribution in [1.82, 2.24) is 0 Å². The molecule has 1 aromatic carbocycles. The predicted molar refractivity (Wildman–Crippen MR) is 68.5 cm³/mol. The number of hydrogen-bond acceptors (Lipinski definition) is 2. The van der Waals surface area contributed by atoms with Gasteiger partial charge < -0.3 is 5.11 Å².